The molecule has 0 bridgehead atoms. The maximum atomic E-state index is 13.7. The SMILES string of the molecule is CC(C)n1cnc([C@@H]2CN(C(=O)C3CC3)C[C@]23CCN(Cc2cccnc2)C3=O)c1. The Labute approximate surface area is 177 Å². The molecule has 2 amide bonds. The van der Waals surface area contributed by atoms with E-state index in [9.17, 15) is 9.59 Å². The van der Waals surface area contributed by atoms with Crippen LogP contribution in [0.4, 0.5) is 0 Å². The van der Waals surface area contributed by atoms with Gasteiger partial charge in [0.2, 0.25) is 11.8 Å². The number of likely N-dealkylation sites (tertiary alicyclic amines) is 2. The number of nitrogens with zero attached hydrogens (tertiary/aromatic N) is 5. The molecule has 1 aliphatic carbocycles. The molecule has 2 aromatic rings. The standard InChI is InChI=1S/C23H29N5O2/c1-16(2)28-13-20(25-15-28)19-12-27(21(29)18-5-6-18)14-23(19)7-9-26(22(23)30)11-17-4-3-8-24-10-17/h3-4,8,10,13,15-16,18-19H,5-7,9,11-12,14H2,1-2H3/t19-,23+/m0/s1. The van der Waals surface area contributed by atoms with Gasteiger partial charge in [-0.15, -0.1) is 0 Å². The minimum atomic E-state index is -0.567. The molecule has 0 aromatic carbocycles. The molecule has 1 spiro atoms. The minimum Gasteiger partial charge on any atom is -0.341 e. The van der Waals surface area contributed by atoms with E-state index < -0.39 is 5.41 Å². The second kappa shape index (κ2) is 7.22. The van der Waals surface area contributed by atoms with Crippen molar-refractivity contribution in [1.29, 1.82) is 0 Å². The Kier molecular flexibility index (Phi) is 4.64. The first kappa shape index (κ1) is 19.3. The van der Waals surface area contributed by atoms with Crippen LogP contribution in [0.5, 0.6) is 0 Å². The number of carbonyl (C=O) groups excluding carboxylic acids is 2. The zero-order valence-electron chi connectivity index (χ0n) is 17.7. The lowest BCUT2D eigenvalue weighted by atomic mass is 9.75. The second-order valence-electron chi connectivity index (χ2n) is 9.38. The van der Waals surface area contributed by atoms with Crippen molar-refractivity contribution in [3.8, 4) is 0 Å². The van der Waals surface area contributed by atoms with Crippen LogP contribution in [0.2, 0.25) is 0 Å². The van der Waals surface area contributed by atoms with E-state index in [2.05, 4.69) is 34.6 Å². The van der Waals surface area contributed by atoms with Crippen LogP contribution in [0.1, 0.15) is 56.3 Å². The molecule has 2 aromatic heterocycles. The van der Waals surface area contributed by atoms with Gasteiger partial charge in [-0.25, -0.2) is 4.98 Å². The summed E-state index contributed by atoms with van der Waals surface area (Å²) in [6, 6.07) is 4.22. The predicted molar refractivity (Wildman–Crippen MR) is 111 cm³/mol. The monoisotopic (exact) mass is 407 g/mol. The van der Waals surface area contributed by atoms with Gasteiger partial charge in [-0.1, -0.05) is 6.07 Å². The molecule has 4 heterocycles. The Morgan fingerprint density at radius 2 is 2.17 bits per heavy atom. The highest BCUT2D eigenvalue weighted by Gasteiger charge is 2.59. The van der Waals surface area contributed by atoms with E-state index in [-0.39, 0.29) is 23.7 Å². The summed E-state index contributed by atoms with van der Waals surface area (Å²) in [5, 5.41) is 0. The lowest BCUT2D eigenvalue weighted by Gasteiger charge is -2.28. The van der Waals surface area contributed by atoms with Crippen molar-refractivity contribution in [3.63, 3.8) is 0 Å². The van der Waals surface area contributed by atoms with Crippen LogP contribution in [0.25, 0.3) is 0 Å². The second-order valence-corrected chi connectivity index (χ2v) is 9.38. The van der Waals surface area contributed by atoms with Crippen molar-refractivity contribution in [1.82, 2.24) is 24.3 Å². The largest absolute Gasteiger partial charge is 0.341 e. The normalized spacial score (nSPS) is 26.4. The van der Waals surface area contributed by atoms with Crippen molar-refractivity contribution < 1.29 is 9.59 Å². The van der Waals surface area contributed by atoms with E-state index in [0.717, 1.165) is 30.5 Å². The number of imidazole rings is 1. The van der Waals surface area contributed by atoms with Crippen molar-refractivity contribution >= 4 is 11.8 Å². The smallest absolute Gasteiger partial charge is 0.231 e. The highest BCUT2D eigenvalue weighted by Crippen LogP contribution is 2.51. The highest BCUT2D eigenvalue weighted by atomic mass is 16.2. The Balaban J connectivity index is 1.44. The molecular weight excluding hydrogens is 378 g/mol. The first-order chi connectivity index (χ1) is 14.5. The third-order valence-electron chi connectivity index (χ3n) is 6.99. The minimum absolute atomic E-state index is 0.0494. The summed E-state index contributed by atoms with van der Waals surface area (Å²) in [4.78, 5) is 39.4. The highest BCUT2D eigenvalue weighted by molar-refractivity contribution is 5.89. The van der Waals surface area contributed by atoms with Crippen LogP contribution in [0.15, 0.2) is 37.1 Å². The number of aromatic nitrogens is 3. The molecular formula is C23H29N5O2. The molecule has 1 saturated carbocycles. The summed E-state index contributed by atoms with van der Waals surface area (Å²) in [5.41, 5.74) is 1.40. The summed E-state index contributed by atoms with van der Waals surface area (Å²) in [7, 11) is 0. The Morgan fingerprint density at radius 3 is 2.83 bits per heavy atom. The number of rotatable bonds is 5. The predicted octanol–water partition coefficient (Wildman–Crippen LogP) is 2.61. The molecule has 2 atom stereocenters. The lowest BCUT2D eigenvalue weighted by Crippen LogP contribution is -2.40. The Hall–Kier alpha value is -2.70. The number of hydrogen-bond donors (Lipinski definition) is 0. The molecule has 3 fully saturated rings. The summed E-state index contributed by atoms with van der Waals surface area (Å²) in [6.07, 6.45) is 10.2. The van der Waals surface area contributed by atoms with Crippen LogP contribution in [0, 0.1) is 11.3 Å². The molecule has 30 heavy (non-hydrogen) atoms. The Morgan fingerprint density at radius 1 is 1.33 bits per heavy atom. The van der Waals surface area contributed by atoms with Gasteiger partial charge in [0.25, 0.3) is 0 Å². The molecule has 0 radical (unpaired) electrons. The van der Waals surface area contributed by atoms with E-state index in [1.807, 2.05) is 34.5 Å². The molecule has 0 N–H and O–H groups in total. The van der Waals surface area contributed by atoms with Crippen LogP contribution >= 0.6 is 0 Å². The van der Waals surface area contributed by atoms with E-state index >= 15 is 0 Å². The first-order valence-electron chi connectivity index (χ1n) is 11.0. The van der Waals surface area contributed by atoms with Gasteiger partial charge in [-0.2, -0.15) is 0 Å². The van der Waals surface area contributed by atoms with Crippen LogP contribution < -0.4 is 0 Å². The zero-order valence-corrected chi connectivity index (χ0v) is 17.7. The molecule has 7 heteroatoms. The van der Waals surface area contributed by atoms with Crippen molar-refractivity contribution in [2.75, 3.05) is 19.6 Å². The van der Waals surface area contributed by atoms with Gasteiger partial charge in [-0.3, -0.25) is 14.6 Å². The summed E-state index contributed by atoms with van der Waals surface area (Å²) >= 11 is 0. The van der Waals surface area contributed by atoms with Crippen LogP contribution in [-0.4, -0.2) is 55.8 Å². The lowest BCUT2D eigenvalue weighted by molar-refractivity contribution is -0.137. The van der Waals surface area contributed by atoms with Crippen LogP contribution in [0.3, 0.4) is 0 Å². The number of amides is 2. The average molecular weight is 408 g/mol. The fourth-order valence-corrected chi connectivity index (χ4v) is 5.05. The number of pyridine rings is 1. The van der Waals surface area contributed by atoms with Crippen molar-refractivity contribution in [2.24, 2.45) is 11.3 Å². The van der Waals surface area contributed by atoms with E-state index in [1.54, 1.807) is 6.20 Å². The topological polar surface area (TPSA) is 71.3 Å². The van der Waals surface area contributed by atoms with E-state index in [1.165, 1.54) is 0 Å². The third-order valence-corrected chi connectivity index (χ3v) is 6.99. The first-order valence-corrected chi connectivity index (χ1v) is 11.0. The Bertz CT molecular complexity index is 952. The maximum absolute atomic E-state index is 13.7. The van der Waals surface area contributed by atoms with Crippen molar-refractivity contribution in [2.45, 2.75) is 51.6 Å². The molecule has 7 nitrogen and oxygen atoms in total. The summed E-state index contributed by atoms with van der Waals surface area (Å²) in [5.74, 6) is 0.490. The van der Waals surface area contributed by atoms with Gasteiger partial charge < -0.3 is 14.4 Å². The molecule has 158 valence electrons. The van der Waals surface area contributed by atoms with Crippen molar-refractivity contribution in [3.05, 3.63) is 48.3 Å². The average Bonchev–Trinajstić information content (AvgIpc) is 3.23. The van der Waals surface area contributed by atoms with Gasteiger partial charge in [0, 0.05) is 62.6 Å². The third kappa shape index (κ3) is 3.20. The summed E-state index contributed by atoms with van der Waals surface area (Å²) < 4.78 is 2.08. The van der Waals surface area contributed by atoms with Gasteiger partial charge in [-0.05, 0) is 44.7 Å². The zero-order chi connectivity index (χ0) is 20.9. The number of carbonyl (C=O) groups is 2. The maximum Gasteiger partial charge on any atom is 0.231 e. The molecule has 0 unspecified atom stereocenters. The van der Waals surface area contributed by atoms with Gasteiger partial charge >= 0.3 is 0 Å². The molecule has 5 rings (SSSR count). The van der Waals surface area contributed by atoms with Gasteiger partial charge in [0.15, 0.2) is 0 Å². The van der Waals surface area contributed by atoms with Gasteiger partial charge in [0.1, 0.15) is 0 Å². The summed E-state index contributed by atoms with van der Waals surface area (Å²) in [6.45, 7) is 6.63. The van der Waals surface area contributed by atoms with Gasteiger partial charge in [0.05, 0.1) is 17.4 Å². The fourth-order valence-electron chi connectivity index (χ4n) is 5.05. The van der Waals surface area contributed by atoms with E-state index in [0.29, 0.717) is 32.2 Å². The molecule has 2 aliphatic heterocycles. The fraction of sp³-hybridized carbons (Fsp3) is 0.565. The molecule has 3 aliphatic rings. The van der Waals surface area contributed by atoms with E-state index in [4.69, 9.17) is 0 Å². The number of hydrogen-bond acceptors (Lipinski definition) is 4. The quantitative estimate of drug-likeness (QED) is 0.764. The molecule has 2 saturated heterocycles. The van der Waals surface area contributed by atoms with Crippen LogP contribution in [-0.2, 0) is 16.1 Å².